The minimum absolute atomic E-state index is 0.622. The molecule has 0 saturated carbocycles. The van der Waals surface area contributed by atoms with Crippen LogP contribution in [0.2, 0.25) is 0 Å². The van der Waals surface area contributed by atoms with Crippen molar-refractivity contribution in [1.82, 2.24) is 0 Å². The predicted molar refractivity (Wildman–Crippen MR) is 120 cm³/mol. The number of rotatable bonds is 8. The van der Waals surface area contributed by atoms with E-state index >= 15 is 0 Å². The molecule has 0 spiro atoms. The third-order valence-corrected chi connectivity index (χ3v) is 7.12. The van der Waals surface area contributed by atoms with Gasteiger partial charge in [-0.1, -0.05) is 65.7 Å². The average molecular weight is 397 g/mol. The lowest BCUT2D eigenvalue weighted by molar-refractivity contribution is 0.418. The van der Waals surface area contributed by atoms with Gasteiger partial charge in [0, 0.05) is 16.3 Å². The summed E-state index contributed by atoms with van der Waals surface area (Å²) in [6.07, 6.45) is 1.90. The van der Waals surface area contributed by atoms with Crippen LogP contribution in [-0.2, 0) is 12.3 Å². The van der Waals surface area contributed by atoms with Crippen LogP contribution in [0.15, 0.2) is 66.7 Å². The lowest BCUT2D eigenvalue weighted by atomic mass is 10.1. The summed E-state index contributed by atoms with van der Waals surface area (Å²) < 4.78 is 11.0. The van der Waals surface area contributed by atoms with Crippen LogP contribution in [0.1, 0.15) is 11.1 Å². The van der Waals surface area contributed by atoms with Crippen molar-refractivity contribution in [2.45, 2.75) is 12.3 Å². The van der Waals surface area contributed by atoms with Gasteiger partial charge in [0.05, 0.1) is 14.2 Å². The van der Waals surface area contributed by atoms with Gasteiger partial charge in [-0.05, 0) is 41.6 Å². The smallest absolute Gasteiger partial charge is 0.126 e. The topological polar surface area (TPSA) is 44.5 Å². The number of benzene rings is 3. The van der Waals surface area contributed by atoms with E-state index in [2.05, 4.69) is 30.3 Å². The first-order valence-corrected chi connectivity index (χ1v) is 11.2. The number of nitrogens with two attached hydrogens (primary N) is 1. The fourth-order valence-electron chi connectivity index (χ4n) is 2.99. The minimum atomic E-state index is 0.622. The molecule has 0 bridgehead atoms. The highest BCUT2D eigenvalue weighted by molar-refractivity contribution is 7.47. The maximum absolute atomic E-state index is 6.33. The number of anilines is 1. The molecule has 3 rings (SSSR count). The molecule has 0 aliphatic heterocycles. The fraction of sp³-hybridized carbons (Fsp3) is 0.182. The molecule has 0 saturated heterocycles. The first kappa shape index (κ1) is 19.7. The summed E-state index contributed by atoms with van der Waals surface area (Å²) in [6, 6.07) is 22.7. The number of hydrogen-bond acceptors (Lipinski definition) is 3. The molecule has 27 heavy (non-hydrogen) atoms. The molecule has 3 aromatic carbocycles. The van der Waals surface area contributed by atoms with Crippen LogP contribution >= 0.6 is 17.2 Å². The zero-order valence-corrected chi connectivity index (χ0v) is 17.7. The largest absolute Gasteiger partial charge is 0.496 e. The van der Waals surface area contributed by atoms with Gasteiger partial charge < -0.3 is 15.2 Å². The Hall–Kier alpha value is -2.08. The number of methoxy groups -OCH3 is 2. The van der Waals surface area contributed by atoms with Gasteiger partial charge in [-0.15, -0.1) is 0 Å². The van der Waals surface area contributed by atoms with Gasteiger partial charge in [0.15, 0.2) is 0 Å². The van der Waals surface area contributed by atoms with Crippen molar-refractivity contribution in [3.63, 3.8) is 0 Å². The second-order valence-corrected chi connectivity index (χ2v) is 8.58. The Kier molecular flexibility index (Phi) is 7.10. The Morgan fingerprint density at radius 2 is 1.26 bits per heavy atom. The Bertz CT molecular complexity index is 899. The first-order chi connectivity index (χ1) is 13.2. The molecular formula is C22H25NO2P2. The van der Waals surface area contributed by atoms with E-state index in [4.69, 9.17) is 15.2 Å². The summed E-state index contributed by atoms with van der Waals surface area (Å²) in [5.74, 6) is 1.90. The van der Waals surface area contributed by atoms with Gasteiger partial charge in [-0.25, -0.2) is 0 Å². The molecule has 2 unspecified atom stereocenters. The van der Waals surface area contributed by atoms with E-state index in [1.807, 2.05) is 36.4 Å². The third kappa shape index (κ3) is 5.01. The molecule has 0 heterocycles. The number of hydrogen-bond donors (Lipinski definition) is 1. The van der Waals surface area contributed by atoms with Gasteiger partial charge in [0.2, 0.25) is 0 Å². The molecule has 0 amide bonds. The minimum Gasteiger partial charge on any atom is -0.496 e. The van der Waals surface area contributed by atoms with E-state index in [9.17, 15) is 0 Å². The van der Waals surface area contributed by atoms with E-state index in [0.717, 1.165) is 29.5 Å². The second kappa shape index (κ2) is 9.74. The summed E-state index contributed by atoms with van der Waals surface area (Å²) in [4.78, 5) is 0. The molecule has 0 aliphatic rings. The molecular weight excluding hydrogens is 372 g/mol. The van der Waals surface area contributed by atoms with Crippen molar-refractivity contribution in [1.29, 1.82) is 0 Å². The molecule has 140 valence electrons. The number of nitrogen functional groups attached to an aromatic ring is 1. The van der Waals surface area contributed by atoms with Gasteiger partial charge in [0.25, 0.3) is 0 Å². The van der Waals surface area contributed by atoms with Crippen molar-refractivity contribution in [2.24, 2.45) is 0 Å². The summed E-state index contributed by atoms with van der Waals surface area (Å²) in [5.41, 5.74) is 9.78. The zero-order chi connectivity index (χ0) is 19.1. The highest BCUT2D eigenvalue weighted by Crippen LogP contribution is 2.32. The Morgan fingerprint density at radius 1 is 0.704 bits per heavy atom. The van der Waals surface area contributed by atoms with Crippen LogP contribution < -0.4 is 25.8 Å². The van der Waals surface area contributed by atoms with Crippen LogP contribution in [0.25, 0.3) is 0 Å². The zero-order valence-electron chi connectivity index (χ0n) is 15.7. The van der Waals surface area contributed by atoms with Crippen LogP contribution in [0, 0.1) is 0 Å². The summed E-state index contributed by atoms with van der Waals surface area (Å²) >= 11 is 0. The third-order valence-electron chi connectivity index (χ3n) is 4.45. The maximum atomic E-state index is 6.33. The molecule has 0 aliphatic carbocycles. The molecule has 5 heteroatoms. The van der Waals surface area contributed by atoms with Crippen molar-refractivity contribution in [3.05, 3.63) is 77.9 Å². The van der Waals surface area contributed by atoms with Crippen LogP contribution in [0.3, 0.4) is 0 Å². The fourth-order valence-corrected chi connectivity index (χ4v) is 5.65. The van der Waals surface area contributed by atoms with E-state index < -0.39 is 0 Å². The summed E-state index contributed by atoms with van der Waals surface area (Å²) in [6.45, 7) is 0. The Labute approximate surface area is 164 Å². The normalized spacial score (nSPS) is 11.5. The number of para-hydroxylation sites is 2. The van der Waals surface area contributed by atoms with Gasteiger partial charge >= 0.3 is 0 Å². The van der Waals surface area contributed by atoms with Crippen molar-refractivity contribution < 1.29 is 9.47 Å². The van der Waals surface area contributed by atoms with Crippen molar-refractivity contribution >= 4 is 33.5 Å². The quantitative estimate of drug-likeness (QED) is 0.456. The maximum Gasteiger partial charge on any atom is 0.126 e. The van der Waals surface area contributed by atoms with E-state index in [1.54, 1.807) is 14.2 Å². The SMILES string of the molecule is COc1ccccc1PCc1cccc(N)c1CPc1ccccc1OC. The number of ether oxygens (including phenoxy) is 2. The Balaban J connectivity index is 1.76. The van der Waals surface area contributed by atoms with E-state index in [-0.39, 0.29) is 0 Å². The molecule has 2 atom stereocenters. The van der Waals surface area contributed by atoms with Crippen LogP contribution in [0.4, 0.5) is 5.69 Å². The first-order valence-electron chi connectivity index (χ1n) is 8.83. The lowest BCUT2D eigenvalue weighted by Crippen LogP contribution is -2.04. The summed E-state index contributed by atoms with van der Waals surface area (Å²) in [7, 11) is 4.72. The van der Waals surface area contributed by atoms with Crippen LogP contribution in [-0.4, -0.2) is 14.2 Å². The molecule has 2 N–H and O–H groups in total. The molecule has 0 fully saturated rings. The standard InChI is InChI=1S/C22H25NO2P2/c1-24-19-10-3-5-12-21(19)26-14-16-8-7-9-18(23)17(16)15-27-22-13-6-4-11-20(22)25-2/h3-13,26-27H,14-15,23H2,1-2H3. The monoisotopic (exact) mass is 397 g/mol. The molecule has 0 radical (unpaired) electrons. The second-order valence-electron chi connectivity index (χ2n) is 6.09. The highest BCUT2D eigenvalue weighted by Gasteiger charge is 2.10. The van der Waals surface area contributed by atoms with Crippen molar-refractivity contribution in [2.75, 3.05) is 20.0 Å². The lowest BCUT2D eigenvalue weighted by Gasteiger charge is -2.15. The Morgan fingerprint density at radius 3 is 1.85 bits per heavy atom. The van der Waals surface area contributed by atoms with E-state index in [1.165, 1.54) is 21.7 Å². The molecule has 0 aromatic heterocycles. The van der Waals surface area contributed by atoms with Gasteiger partial charge in [-0.2, -0.15) is 0 Å². The van der Waals surface area contributed by atoms with Gasteiger partial charge in [-0.3, -0.25) is 0 Å². The predicted octanol–water partition coefficient (Wildman–Crippen LogP) is 4.29. The average Bonchev–Trinajstić information content (AvgIpc) is 2.72. The van der Waals surface area contributed by atoms with Crippen LogP contribution in [0.5, 0.6) is 11.5 Å². The highest BCUT2D eigenvalue weighted by atomic mass is 31.1. The van der Waals surface area contributed by atoms with E-state index in [0.29, 0.717) is 17.2 Å². The summed E-state index contributed by atoms with van der Waals surface area (Å²) in [5, 5.41) is 2.49. The van der Waals surface area contributed by atoms with Gasteiger partial charge in [0.1, 0.15) is 11.5 Å². The molecule has 3 nitrogen and oxygen atoms in total. The molecule has 3 aromatic rings. The van der Waals surface area contributed by atoms with Crippen molar-refractivity contribution in [3.8, 4) is 11.5 Å².